The maximum absolute atomic E-state index is 5.19. The summed E-state index contributed by atoms with van der Waals surface area (Å²) in [6.07, 6.45) is 10.3. The minimum atomic E-state index is 0.639. The van der Waals surface area contributed by atoms with E-state index in [1.807, 2.05) is 12.2 Å². The molecular weight excluding hydrogens is 216 g/mol. The van der Waals surface area contributed by atoms with Gasteiger partial charge < -0.3 is 0 Å². The van der Waals surface area contributed by atoms with Gasteiger partial charge in [-0.15, -0.1) is 0 Å². The van der Waals surface area contributed by atoms with Gasteiger partial charge in [-0.05, 0) is 12.8 Å². The van der Waals surface area contributed by atoms with Gasteiger partial charge in [0.25, 0.3) is 0 Å². The molecule has 14 heavy (non-hydrogen) atoms. The Bertz CT molecular complexity index is 140. The molecule has 0 saturated heterocycles. The summed E-state index contributed by atoms with van der Waals surface area (Å²) in [5, 5.41) is 0. The second-order valence-corrected chi connectivity index (χ2v) is 4.02. The molecule has 4 heteroatoms. The van der Waals surface area contributed by atoms with Crippen LogP contribution in [0.15, 0.2) is 24.3 Å². The Morgan fingerprint density at radius 3 is 1.57 bits per heavy atom. The molecule has 0 aromatic carbocycles. The second kappa shape index (κ2) is 13.1. The molecule has 0 bridgehead atoms. The summed E-state index contributed by atoms with van der Waals surface area (Å²) in [4.78, 5) is 0. The van der Waals surface area contributed by atoms with Crippen LogP contribution in [0.4, 0.5) is 0 Å². The Morgan fingerprint density at radius 2 is 1.21 bits per heavy atom. The highest BCUT2D eigenvalue weighted by Gasteiger charge is 1.88. The predicted molar refractivity (Wildman–Crippen MR) is 65.9 cm³/mol. The lowest BCUT2D eigenvalue weighted by Gasteiger charge is -1.97. The summed E-state index contributed by atoms with van der Waals surface area (Å²) in [5.74, 6) is 0. The van der Waals surface area contributed by atoms with Gasteiger partial charge in [0.1, 0.15) is 0 Å². The third-order valence-corrected chi connectivity index (χ3v) is 2.52. The molecule has 0 N–H and O–H groups in total. The summed E-state index contributed by atoms with van der Waals surface area (Å²) in [7, 11) is 0. The third kappa shape index (κ3) is 12.1. The first kappa shape index (κ1) is 14.1. The van der Waals surface area contributed by atoms with Crippen molar-refractivity contribution in [3.05, 3.63) is 24.3 Å². The van der Waals surface area contributed by atoms with Crippen LogP contribution in [0.3, 0.4) is 0 Å². The smallest absolute Gasteiger partial charge is 0.0928 e. The van der Waals surface area contributed by atoms with Crippen molar-refractivity contribution in [2.45, 2.75) is 26.7 Å². The Hall–Kier alpha value is 0.100. The molecule has 0 spiro atoms. The Balaban J connectivity index is 2.99. The van der Waals surface area contributed by atoms with E-state index >= 15 is 0 Å². The van der Waals surface area contributed by atoms with Gasteiger partial charge in [-0.1, -0.05) is 38.2 Å². The average molecular weight is 234 g/mol. The quantitative estimate of drug-likeness (QED) is 0.258. The maximum Gasteiger partial charge on any atom is 0.0928 e. The molecule has 0 aliphatic carbocycles. The number of hydrogen-bond acceptors (Lipinski definition) is 4. The number of hydrogen-bond donors (Lipinski definition) is 0. The summed E-state index contributed by atoms with van der Waals surface area (Å²) in [5.41, 5.74) is 0. The predicted octanol–water partition coefficient (Wildman–Crippen LogP) is 4.16. The monoisotopic (exact) mass is 234 g/mol. The van der Waals surface area contributed by atoms with E-state index in [0.717, 1.165) is 12.8 Å². The molecular formula is C10H18O2S2. The molecule has 0 aliphatic heterocycles. The van der Waals surface area contributed by atoms with E-state index in [2.05, 4.69) is 26.0 Å². The summed E-state index contributed by atoms with van der Waals surface area (Å²) >= 11 is 2.54. The fraction of sp³-hybridized carbons (Fsp3) is 0.600. The summed E-state index contributed by atoms with van der Waals surface area (Å²) in [6.45, 7) is 5.47. The van der Waals surface area contributed by atoms with E-state index in [4.69, 9.17) is 8.37 Å². The van der Waals surface area contributed by atoms with Gasteiger partial charge in [0.15, 0.2) is 0 Å². The SMILES string of the molecule is CC/C=C/COSSOC/C=C/CC. The van der Waals surface area contributed by atoms with Gasteiger partial charge in [0, 0.05) is 0 Å². The van der Waals surface area contributed by atoms with Gasteiger partial charge in [0.05, 0.1) is 35.4 Å². The van der Waals surface area contributed by atoms with Crippen LogP contribution in [-0.4, -0.2) is 13.2 Å². The molecule has 0 amide bonds. The van der Waals surface area contributed by atoms with E-state index in [9.17, 15) is 0 Å². The third-order valence-electron chi connectivity index (χ3n) is 1.26. The zero-order valence-corrected chi connectivity index (χ0v) is 10.4. The lowest BCUT2D eigenvalue weighted by atomic mass is 10.4. The molecule has 0 rings (SSSR count). The molecule has 0 unspecified atom stereocenters. The fourth-order valence-corrected chi connectivity index (χ4v) is 1.56. The highest BCUT2D eigenvalue weighted by atomic mass is 33.1. The van der Waals surface area contributed by atoms with Gasteiger partial charge in [0.2, 0.25) is 0 Å². The minimum Gasteiger partial charge on any atom is -0.299 e. The zero-order valence-electron chi connectivity index (χ0n) is 8.77. The molecule has 0 aliphatic rings. The largest absolute Gasteiger partial charge is 0.299 e. The average Bonchev–Trinajstić information content (AvgIpc) is 2.21. The van der Waals surface area contributed by atoms with E-state index in [0.29, 0.717) is 13.2 Å². The van der Waals surface area contributed by atoms with Crippen molar-refractivity contribution >= 4 is 22.1 Å². The van der Waals surface area contributed by atoms with Crippen molar-refractivity contribution in [2.24, 2.45) is 0 Å². The molecule has 0 saturated carbocycles. The van der Waals surface area contributed by atoms with Crippen LogP contribution in [0.25, 0.3) is 0 Å². The molecule has 2 nitrogen and oxygen atoms in total. The van der Waals surface area contributed by atoms with Gasteiger partial charge in [-0.3, -0.25) is 8.37 Å². The van der Waals surface area contributed by atoms with E-state index in [-0.39, 0.29) is 0 Å². The Morgan fingerprint density at radius 1 is 0.786 bits per heavy atom. The van der Waals surface area contributed by atoms with E-state index < -0.39 is 0 Å². The van der Waals surface area contributed by atoms with Gasteiger partial charge in [-0.2, -0.15) is 0 Å². The normalized spacial score (nSPS) is 11.9. The molecule has 0 heterocycles. The van der Waals surface area contributed by atoms with Crippen LogP contribution in [0.5, 0.6) is 0 Å². The van der Waals surface area contributed by atoms with Crippen molar-refractivity contribution in [3.63, 3.8) is 0 Å². The van der Waals surface area contributed by atoms with Crippen molar-refractivity contribution in [3.8, 4) is 0 Å². The highest BCUT2D eigenvalue weighted by molar-refractivity contribution is 8.73. The van der Waals surface area contributed by atoms with Crippen molar-refractivity contribution in [1.29, 1.82) is 0 Å². The van der Waals surface area contributed by atoms with Crippen molar-refractivity contribution in [2.75, 3.05) is 13.2 Å². The molecule has 0 atom stereocenters. The van der Waals surface area contributed by atoms with Gasteiger partial charge in [-0.25, -0.2) is 0 Å². The Labute approximate surface area is 94.9 Å². The first-order valence-corrected chi connectivity index (χ1v) is 6.79. The van der Waals surface area contributed by atoms with Gasteiger partial charge >= 0.3 is 0 Å². The minimum absolute atomic E-state index is 0.639. The van der Waals surface area contributed by atoms with Crippen molar-refractivity contribution < 1.29 is 8.37 Å². The first-order valence-electron chi connectivity index (χ1n) is 4.79. The van der Waals surface area contributed by atoms with E-state index in [1.54, 1.807) is 0 Å². The lowest BCUT2D eigenvalue weighted by molar-refractivity contribution is 0.420. The standard InChI is InChI=1S/C10H18O2S2/c1-3-5-7-9-11-13-14-12-10-8-6-4-2/h5-8H,3-4,9-10H2,1-2H3/b7-5+,8-6+. The van der Waals surface area contributed by atoms with Crippen LogP contribution in [0.2, 0.25) is 0 Å². The topological polar surface area (TPSA) is 18.5 Å². The summed E-state index contributed by atoms with van der Waals surface area (Å²) in [6, 6.07) is 0. The molecule has 0 radical (unpaired) electrons. The maximum atomic E-state index is 5.19. The molecule has 82 valence electrons. The lowest BCUT2D eigenvalue weighted by Crippen LogP contribution is -1.80. The number of rotatable bonds is 9. The van der Waals surface area contributed by atoms with Crippen LogP contribution < -0.4 is 0 Å². The number of allylic oxidation sites excluding steroid dienone is 2. The Kier molecular flexibility index (Phi) is 13.2. The zero-order chi connectivity index (χ0) is 10.5. The van der Waals surface area contributed by atoms with Crippen molar-refractivity contribution in [1.82, 2.24) is 0 Å². The molecule has 0 aromatic heterocycles. The second-order valence-electron chi connectivity index (χ2n) is 2.46. The van der Waals surface area contributed by atoms with Crippen LogP contribution in [0.1, 0.15) is 26.7 Å². The van der Waals surface area contributed by atoms with Crippen LogP contribution in [0, 0.1) is 0 Å². The molecule has 0 fully saturated rings. The summed E-state index contributed by atoms with van der Waals surface area (Å²) < 4.78 is 10.4. The fourth-order valence-electron chi connectivity index (χ4n) is 0.643. The van der Waals surface area contributed by atoms with E-state index in [1.165, 1.54) is 22.1 Å². The molecule has 0 aromatic rings. The van der Waals surface area contributed by atoms with Crippen LogP contribution in [-0.2, 0) is 8.37 Å². The van der Waals surface area contributed by atoms with Crippen LogP contribution >= 0.6 is 22.1 Å². The first-order chi connectivity index (χ1) is 6.91. The highest BCUT2D eigenvalue weighted by Crippen LogP contribution is 2.22.